The van der Waals surface area contributed by atoms with Crippen LogP contribution in [0.25, 0.3) is 10.6 Å². The lowest BCUT2D eigenvalue weighted by molar-refractivity contribution is 0.628. The zero-order valence-corrected chi connectivity index (χ0v) is 13.4. The lowest BCUT2D eigenvalue weighted by Crippen LogP contribution is -2.00. The molecule has 0 aliphatic rings. The lowest BCUT2D eigenvalue weighted by Gasteiger charge is -2.06. The van der Waals surface area contributed by atoms with Crippen molar-refractivity contribution >= 4 is 33.0 Å². The van der Waals surface area contributed by atoms with Crippen LogP contribution in [0.4, 0.5) is 10.1 Å². The molecular formula is C16H12BrFN2S. The molecule has 0 bridgehead atoms. The number of aromatic nitrogens is 1. The van der Waals surface area contributed by atoms with Crippen molar-refractivity contribution in [3.8, 4) is 10.6 Å². The predicted octanol–water partition coefficient (Wildman–Crippen LogP) is 5.32. The summed E-state index contributed by atoms with van der Waals surface area (Å²) in [5.41, 5.74) is 2.94. The summed E-state index contributed by atoms with van der Waals surface area (Å²) in [6.45, 7) is 0.653. The molecule has 1 N–H and O–H groups in total. The minimum absolute atomic E-state index is 0.230. The third-order valence-corrected chi connectivity index (χ3v) is 4.61. The summed E-state index contributed by atoms with van der Waals surface area (Å²) in [4.78, 5) is 4.57. The summed E-state index contributed by atoms with van der Waals surface area (Å²) in [6, 6.07) is 14.4. The topological polar surface area (TPSA) is 24.9 Å². The molecule has 21 heavy (non-hydrogen) atoms. The van der Waals surface area contributed by atoms with Gasteiger partial charge in [0.05, 0.1) is 12.2 Å². The number of thiazole rings is 1. The molecule has 106 valence electrons. The van der Waals surface area contributed by atoms with Gasteiger partial charge in [-0.1, -0.05) is 12.1 Å². The molecule has 5 heteroatoms. The Morgan fingerprint density at radius 2 is 1.86 bits per heavy atom. The lowest BCUT2D eigenvalue weighted by atomic mass is 10.2. The van der Waals surface area contributed by atoms with Gasteiger partial charge in [0.1, 0.15) is 10.8 Å². The zero-order valence-electron chi connectivity index (χ0n) is 11.0. The maximum Gasteiger partial charge on any atom is 0.123 e. The van der Waals surface area contributed by atoms with E-state index in [9.17, 15) is 4.39 Å². The van der Waals surface area contributed by atoms with E-state index in [4.69, 9.17) is 0 Å². The Hall–Kier alpha value is -1.72. The largest absolute Gasteiger partial charge is 0.378 e. The van der Waals surface area contributed by atoms with Crippen LogP contribution in [0.5, 0.6) is 0 Å². The molecule has 0 spiro atoms. The van der Waals surface area contributed by atoms with Crippen molar-refractivity contribution < 1.29 is 4.39 Å². The molecule has 0 saturated heterocycles. The van der Waals surface area contributed by atoms with Gasteiger partial charge in [-0.3, -0.25) is 0 Å². The van der Waals surface area contributed by atoms with Crippen LogP contribution in [0, 0.1) is 5.82 Å². The van der Waals surface area contributed by atoms with Gasteiger partial charge in [0.2, 0.25) is 0 Å². The highest BCUT2D eigenvalue weighted by atomic mass is 79.9. The van der Waals surface area contributed by atoms with E-state index in [-0.39, 0.29) is 5.82 Å². The number of rotatable bonds is 4. The third-order valence-electron chi connectivity index (χ3n) is 2.98. The van der Waals surface area contributed by atoms with E-state index in [1.165, 1.54) is 12.1 Å². The zero-order chi connectivity index (χ0) is 14.7. The molecule has 2 nitrogen and oxygen atoms in total. The Balaban J connectivity index is 1.71. The average molecular weight is 363 g/mol. The number of anilines is 1. The Morgan fingerprint density at radius 3 is 2.62 bits per heavy atom. The summed E-state index contributed by atoms with van der Waals surface area (Å²) in [7, 11) is 0. The summed E-state index contributed by atoms with van der Waals surface area (Å²) in [5.74, 6) is -0.230. The fourth-order valence-electron chi connectivity index (χ4n) is 1.90. The number of hydrogen-bond donors (Lipinski definition) is 1. The molecule has 1 aromatic heterocycles. The summed E-state index contributed by atoms with van der Waals surface area (Å²) in [5, 5.41) is 6.26. The SMILES string of the molecule is Fc1ccc(-c2nc(CNc3ccccc3Br)cs2)cc1. The number of nitrogens with one attached hydrogen (secondary N) is 1. The van der Waals surface area contributed by atoms with E-state index in [2.05, 4.69) is 26.2 Å². The molecular weight excluding hydrogens is 351 g/mol. The van der Waals surface area contributed by atoms with Gasteiger partial charge in [-0.25, -0.2) is 9.37 Å². The first-order valence-electron chi connectivity index (χ1n) is 6.41. The third kappa shape index (κ3) is 3.49. The molecule has 2 aromatic carbocycles. The Morgan fingerprint density at radius 1 is 1.10 bits per heavy atom. The van der Waals surface area contributed by atoms with E-state index in [1.54, 1.807) is 23.5 Å². The quantitative estimate of drug-likeness (QED) is 0.678. The molecule has 0 aliphatic carbocycles. The monoisotopic (exact) mass is 362 g/mol. The smallest absolute Gasteiger partial charge is 0.123 e. The van der Waals surface area contributed by atoms with Gasteiger partial charge < -0.3 is 5.32 Å². The Labute approximate surface area is 134 Å². The Kier molecular flexibility index (Phi) is 4.31. The second-order valence-electron chi connectivity index (χ2n) is 4.48. The van der Waals surface area contributed by atoms with Crippen molar-refractivity contribution in [1.82, 2.24) is 4.98 Å². The van der Waals surface area contributed by atoms with Crippen LogP contribution in [0.15, 0.2) is 58.4 Å². The van der Waals surface area contributed by atoms with Crippen molar-refractivity contribution in [3.05, 3.63) is 69.9 Å². The molecule has 3 aromatic rings. The Bertz CT molecular complexity index is 740. The molecule has 0 fully saturated rings. The normalized spacial score (nSPS) is 10.6. The van der Waals surface area contributed by atoms with Gasteiger partial charge in [0, 0.05) is 21.1 Å². The summed E-state index contributed by atoms with van der Waals surface area (Å²) in [6.07, 6.45) is 0. The molecule has 0 unspecified atom stereocenters. The first-order chi connectivity index (χ1) is 10.2. The van der Waals surface area contributed by atoms with Crippen LogP contribution in [-0.4, -0.2) is 4.98 Å². The second kappa shape index (κ2) is 6.37. The van der Waals surface area contributed by atoms with Crippen LogP contribution in [0.3, 0.4) is 0 Å². The van der Waals surface area contributed by atoms with Crippen LogP contribution in [0.1, 0.15) is 5.69 Å². The number of nitrogens with zero attached hydrogens (tertiary/aromatic N) is 1. The van der Waals surface area contributed by atoms with Gasteiger partial charge in [-0.15, -0.1) is 11.3 Å². The minimum Gasteiger partial charge on any atom is -0.378 e. The summed E-state index contributed by atoms with van der Waals surface area (Å²) >= 11 is 5.07. The van der Waals surface area contributed by atoms with Gasteiger partial charge in [-0.2, -0.15) is 0 Å². The van der Waals surface area contributed by atoms with E-state index < -0.39 is 0 Å². The maximum atomic E-state index is 12.9. The maximum absolute atomic E-state index is 12.9. The molecule has 0 radical (unpaired) electrons. The molecule has 0 saturated carbocycles. The molecule has 0 amide bonds. The van der Waals surface area contributed by atoms with Gasteiger partial charge in [-0.05, 0) is 52.3 Å². The highest BCUT2D eigenvalue weighted by Gasteiger charge is 2.05. The average Bonchev–Trinajstić information content (AvgIpc) is 2.96. The molecule has 0 atom stereocenters. The standard InChI is InChI=1S/C16H12BrFN2S/c17-14-3-1-2-4-15(14)19-9-13-10-21-16(20-13)11-5-7-12(18)8-6-11/h1-8,10,19H,9H2. The number of para-hydroxylation sites is 1. The van der Waals surface area contributed by atoms with E-state index in [0.29, 0.717) is 6.54 Å². The minimum atomic E-state index is -0.230. The molecule has 1 heterocycles. The predicted molar refractivity (Wildman–Crippen MR) is 89.0 cm³/mol. The molecule has 3 rings (SSSR count). The highest BCUT2D eigenvalue weighted by Crippen LogP contribution is 2.25. The van der Waals surface area contributed by atoms with E-state index in [1.807, 2.05) is 29.6 Å². The van der Waals surface area contributed by atoms with Crippen molar-refractivity contribution in [2.24, 2.45) is 0 Å². The van der Waals surface area contributed by atoms with Gasteiger partial charge in [0.25, 0.3) is 0 Å². The summed E-state index contributed by atoms with van der Waals surface area (Å²) < 4.78 is 13.9. The van der Waals surface area contributed by atoms with E-state index >= 15 is 0 Å². The van der Waals surface area contributed by atoms with Crippen molar-refractivity contribution in [2.75, 3.05) is 5.32 Å². The number of hydrogen-bond acceptors (Lipinski definition) is 3. The molecule has 0 aliphatic heterocycles. The van der Waals surface area contributed by atoms with Gasteiger partial charge >= 0.3 is 0 Å². The van der Waals surface area contributed by atoms with Crippen LogP contribution in [0.2, 0.25) is 0 Å². The number of halogens is 2. The van der Waals surface area contributed by atoms with Crippen molar-refractivity contribution in [1.29, 1.82) is 0 Å². The van der Waals surface area contributed by atoms with Crippen LogP contribution >= 0.6 is 27.3 Å². The number of benzene rings is 2. The van der Waals surface area contributed by atoms with Crippen molar-refractivity contribution in [3.63, 3.8) is 0 Å². The highest BCUT2D eigenvalue weighted by molar-refractivity contribution is 9.10. The first kappa shape index (κ1) is 14.2. The fraction of sp³-hybridized carbons (Fsp3) is 0.0625. The van der Waals surface area contributed by atoms with Crippen LogP contribution < -0.4 is 5.32 Å². The fourth-order valence-corrected chi connectivity index (χ4v) is 3.15. The second-order valence-corrected chi connectivity index (χ2v) is 6.20. The van der Waals surface area contributed by atoms with Crippen LogP contribution in [-0.2, 0) is 6.54 Å². The van der Waals surface area contributed by atoms with Gasteiger partial charge in [0.15, 0.2) is 0 Å². The van der Waals surface area contributed by atoms with E-state index in [0.717, 1.165) is 26.4 Å². The first-order valence-corrected chi connectivity index (χ1v) is 8.08. The van der Waals surface area contributed by atoms with Crippen molar-refractivity contribution in [2.45, 2.75) is 6.54 Å².